The molecule has 2 aliphatic rings. The zero-order chi connectivity index (χ0) is 17.9. The number of allylic oxidation sites excluding steroid dienone is 2. The van der Waals surface area contributed by atoms with E-state index < -0.39 is 9.84 Å². The van der Waals surface area contributed by atoms with E-state index in [2.05, 4.69) is 29.2 Å². The molecule has 4 nitrogen and oxygen atoms in total. The molecule has 0 unspecified atom stereocenters. The third-order valence-corrected chi connectivity index (χ3v) is 6.48. The number of hydrogen-bond donors (Lipinski definition) is 1. The van der Waals surface area contributed by atoms with Crippen molar-refractivity contribution in [1.29, 1.82) is 0 Å². The maximum atomic E-state index is 11.3. The summed E-state index contributed by atoms with van der Waals surface area (Å²) in [6, 6.07) is 6.55. The van der Waals surface area contributed by atoms with E-state index in [4.69, 9.17) is 5.73 Å². The number of benzene rings is 1. The Balaban J connectivity index is 1.64. The van der Waals surface area contributed by atoms with Crippen molar-refractivity contribution >= 4 is 21.1 Å². The third-order valence-electron chi connectivity index (χ3n) is 5.55. The van der Waals surface area contributed by atoms with Gasteiger partial charge in [-0.15, -0.1) is 0 Å². The number of nitrogen functional groups attached to an aromatic ring is 1. The second kappa shape index (κ2) is 7.92. The Morgan fingerprint density at radius 2 is 1.96 bits per heavy atom. The van der Waals surface area contributed by atoms with Crippen LogP contribution in [-0.4, -0.2) is 45.0 Å². The molecule has 3 rings (SSSR count). The Bertz CT molecular complexity index is 732. The van der Waals surface area contributed by atoms with Crippen LogP contribution in [0.5, 0.6) is 0 Å². The van der Waals surface area contributed by atoms with Crippen LogP contribution < -0.4 is 5.73 Å². The van der Waals surface area contributed by atoms with Gasteiger partial charge in [-0.25, -0.2) is 8.42 Å². The van der Waals surface area contributed by atoms with Gasteiger partial charge in [0.05, 0.1) is 5.75 Å². The Labute approximate surface area is 152 Å². The molecule has 0 atom stereocenters. The van der Waals surface area contributed by atoms with Crippen molar-refractivity contribution < 1.29 is 8.42 Å². The largest absolute Gasteiger partial charge is 0.398 e. The molecule has 0 radical (unpaired) electrons. The number of likely N-dealkylation sites (tertiary alicyclic amines) is 1. The van der Waals surface area contributed by atoms with Gasteiger partial charge >= 0.3 is 0 Å². The molecular formula is C20H30N2O2S. The van der Waals surface area contributed by atoms with Gasteiger partial charge in [0.25, 0.3) is 0 Å². The minimum absolute atomic E-state index is 0.262. The molecular weight excluding hydrogens is 332 g/mol. The molecule has 1 aromatic carbocycles. The summed E-state index contributed by atoms with van der Waals surface area (Å²) < 4.78 is 22.7. The average molecular weight is 363 g/mol. The number of sulfone groups is 1. The summed E-state index contributed by atoms with van der Waals surface area (Å²) in [5, 5.41) is 0. The minimum Gasteiger partial charge on any atom is -0.398 e. The van der Waals surface area contributed by atoms with Crippen LogP contribution in [0.1, 0.15) is 55.6 Å². The van der Waals surface area contributed by atoms with Crippen molar-refractivity contribution in [2.75, 3.05) is 37.4 Å². The highest BCUT2D eigenvalue weighted by atomic mass is 32.2. The third kappa shape index (κ3) is 5.08. The molecule has 25 heavy (non-hydrogen) atoms. The number of nitrogens with zero attached hydrogens (tertiary/aromatic N) is 1. The van der Waals surface area contributed by atoms with Crippen molar-refractivity contribution in [3.63, 3.8) is 0 Å². The second-order valence-electron chi connectivity index (χ2n) is 7.57. The highest BCUT2D eigenvalue weighted by molar-refractivity contribution is 7.90. The molecule has 1 saturated heterocycles. The Morgan fingerprint density at radius 3 is 2.60 bits per heavy atom. The molecule has 0 aromatic heterocycles. The first-order valence-corrected chi connectivity index (χ1v) is 11.5. The lowest BCUT2D eigenvalue weighted by molar-refractivity contribution is 0.223. The zero-order valence-electron chi connectivity index (χ0n) is 15.2. The van der Waals surface area contributed by atoms with Crippen LogP contribution in [0.25, 0.3) is 5.57 Å². The van der Waals surface area contributed by atoms with Gasteiger partial charge in [0, 0.05) is 24.1 Å². The van der Waals surface area contributed by atoms with Gasteiger partial charge in [-0.05, 0) is 80.8 Å². The van der Waals surface area contributed by atoms with Gasteiger partial charge in [0.2, 0.25) is 0 Å². The molecule has 1 aliphatic heterocycles. The summed E-state index contributed by atoms with van der Waals surface area (Å²) in [5.41, 5.74) is 11.2. The number of anilines is 1. The fourth-order valence-electron chi connectivity index (χ4n) is 3.97. The summed E-state index contributed by atoms with van der Waals surface area (Å²) in [7, 11) is -2.87. The summed E-state index contributed by atoms with van der Waals surface area (Å²) in [5.74, 6) is 0.815. The molecule has 1 heterocycles. The van der Waals surface area contributed by atoms with E-state index in [-0.39, 0.29) is 5.75 Å². The number of piperidine rings is 1. The van der Waals surface area contributed by atoms with Crippen LogP contribution in [0.2, 0.25) is 0 Å². The van der Waals surface area contributed by atoms with E-state index in [9.17, 15) is 8.42 Å². The van der Waals surface area contributed by atoms with Crippen LogP contribution in [0.3, 0.4) is 0 Å². The fraction of sp³-hybridized carbons (Fsp3) is 0.600. The van der Waals surface area contributed by atoms with Gasteiger partial charge in [0.1, 0.15) is 9.84 Å². The Hall–Kier alpha value is -1.33. The van der Waals surface area contributed by atoms with Crippen LogP contribution >= 0.6 is 0 Å². The highest BCUT2D eigenvalue weighted by Gasteiger charge is 2.22. The first-order chi connectivity index (χ1) is 11.9. The molecule has 138 valence electrons. The lowest BCUT2D eigenvalue weighted by atomic mass is 9.85. The van der Waals surface area contributed by atoms with Gasteiger partial charge in [-0.3, -0.25) is 0 Å². The summed E-state index contributed by atoms with van der Waals surface area (Å²) in [6.07, 6.45) is 10.7. The SMILES string of the molecule is CS(=O)(=O)CCN1CCC(c2ccc(N)c(C3=CCCCC3)c2)CC1. The number of nitrogens with two attached hydrogens (primary N) is 1. The lowest BCUT2D eigenvalue weighted by Crippen LogP contribution is -2.36. The Kier molecular flexibility index (Phi) is 5.85. The maximum absolute atomic E-state index is 11.3. The molecule has 1 aliphatic carbocycles. The van der Waals surface area contributed by atoms with Crippen molar-refractivity contribution in [2.45, 2.75) is 44.4 Å². The molecule has 1 fully saturated rings. The molecule has 1 aromatic rings. The molecule has 0 spiro atoms. The smallest absolute Gasteiger partial charge is 0.148 e. The quantitative estimate of drug-likeness (QED) is 0.815. The van der Waals surface area contributed by atoms with Crippen molar-refractivity contribution in [3.8, 4) is 0 Å². The fourth-order valence-corrected chi connectivity index (χ4v) is 4.56. The second-order valence-corrected chi connectivity index (χ2v) is 9.83. The zero-order valence-corrected chi connectivity index (χ0v) is 16.0. The normalized spacial score (nSPS) is 20.4. The average Bonchev–Trinajstić information content (AvgIpc) is 2.61. The lowest BCUT2D eigenvalue weighted by Gasteiger charge is -2.32. The van der Waals surface area contributed by atoms with Crippen LogP contribution in [-0.2, 0) is 9.84 Å². The van der Waals surface area contributed by atoms with Crippen molar-refractivity contribution in [2.24, 2.45) is 0 Å². The van der Waals surface area contributed by atoms with E-state index in [1.807, 2.05) is 0 Å². The molecule has 2 N–H and O–H groups in total. The first-order valence-electron chi connectivity index (χ1n) is 9.41. The topological polar surface area (TPSA) is 63.4 Å². The summed E-state index contributed by atoms with van der Waals surface area (Å²) >= 11 is 0. The minimum atomic E-state index is -2.87. The molecule has 0 saturated carbocycles. The number of hydrogen-bond acceptors (Lipinski definition) is 4. The standard InChI is InChI=1S/C20H30N2O2S/c1-25(23,24)14-13-22-11-9-16(10-12-22)18-7-8-20(21)19(15-18)17-5-3-2-4-6-17/h5,7-8,15-16H,2-4,6,9-14,21H2,1H3. The van der Waals surface area contributed by atoms with Gasteiger partial charge < -0.3 is 10.6 Å². The van der Waals surface area contributed by atoms with Crippen LogP contribution in [0.15, 0.2) is 24.3 Å². The summed E-state index contributed by atoms with van der Waals surface area (Å²) in [4.78, 5) is 2.28. The molecule has 0 amide bonds. The van der Waals surface area contributed by atoms with Crippen LogP contribution in [0, 0.1) is 0 Å². The van der Waals surface area contributed by atoms with E-state index in [1.54, 1.807) is 0 Å². The van der Waals surface area contributed by atoms with E-state index in [0.29, 0.717) is 12.5 Å². The maximum Gasteiger partial charge on any atom is 0.148 e. The molecule has 0 bridgehead atoms. The number of rotatable bonds is 5. The summed E-state index contributed by atoms with van der Waals surface area (Å²) in [6.45, 7) is 2.61. The first kappa shape index (κ1) is 18.5. The van der Waals surface area contributed by atoms with Gasteiger partial charge in [-0.1, -0.05) is 12.1 Å². The molecule has 5 heteroatoms. The van der Waals surface area contributed by atoms with Gasteiger partial charge in [0.15, 0.2) is 0 Å². The van der Waals surface area contributed by atoms with Crippen molar-refractivity contribution in [1.82, 2.24) is 4.90 Å². The van der Waals surface area contributed by atoms with Crippen LogP contribution in [0.4, 0.5) is 5.69 Å². The van der Waals surface area contributed by atoms with E-state index in [0.717, 1.165) is 44.5 Å². The highest BCUT2D eigenvalue weighted by Crippen LogP contribution is 2.35. The predicted molar refractivity (Wildman–Crippen MR) is 105 cm³/mol. The van der Waals surface area contributed by atoms with Crippen molar-refractivity contribution in [3.05, 3.63) is 35.4 Å². The Morgan fingerprint density at radius 1 is 1.20 bits per heavy atom. The predicted octanol–water partition coefficient (Wildman–Crippen LogP) is 3.45. The van der Waals surface area contributed by atoms with Gasteiger partial charge in [-0.2, -0.15) is 0 Å². The van der Waals surface area contributed by atoms with E-state index >= 15 is 0 Å². The van der Waals surface area contributed by atoms with E-state index in [1.165, 1.54) is 35.8 Å². The monoisotopic (exact) mass is 362 g/mol.